The van der Waals surface area contributed by atoms with Crippen LogP contribution >= 0.6 is 0 Å². The number of hydrogen-bond acceptors (Lipinski definition) is 4. The lowest BCUT2D eigenvalue weighted by molar-refractivity contribution is -0.103. The molecule has 3 atom stereocenters. The fourth-order valence-corrected chi connectivity index (χ4v) is 3.55. The third-order valence-electron chi connectivity index (χ3n) is 4.55. The number of nitrogens with zero attached hydrogens (tertiary/aromatic N) is 2. The first kappa shape index (κ1) is 14.0. The van der Waals surface area contributed by atoms with Gasteiger partial charge in [0.1, 0.15) is 0 Å². The number of hydrogen-bond donors (Lipinski definition) is 1. The number of aromatic nitrogens is 2. The van der Waals surface area contributed by atoms with Crippen molar-refractivity contribution >= 4 is 0 Å². The van der Waals surface area contributed by atoms with Crippen LogP contribution in [0.5, 0.6) is 0 Å². The Kier molecular flexibility index (Phi) is 4.10. The molecule has 2 aliphatic rings. The van der Waals surface area contributed by atoms with E-state index in [1.54, 1.807) is 0 Å². The highest BCUT2D eigenvalue weighted by Crippen LogP contribution is 2.40. The highest BCUT2D eigenvalue weighted by atomic mass is 16.6. The van der Waals surface area contributed by atoms with Gasteiger partial charge in [0.2, 0.25) is 0 Å². The Morgan fingerprint density at radius 1 is 1.55 bits per heavy atom. The summed E-state index contributed by atoms with van der Waals surface area (Å²) < 4.78 is 13.5. The van der Waals surface area contributed by atoms with Gasteiger partial charge in [-0.05, 0) is 31.4 Å². The monoisotopic (exact) mass is 279 g/mol. The van der Waals surface area contributed by atoms with Gasteiger partial charge in [-0.25, -0.2) is 0 Å². The first-order chi connectivity index (χ1) is 9.72. The predicted octanol–water partition coefficient (Wildman–Crippen LogP) is 1.66. The molecule has 20 heavy (non-hydrogen) atoms. The number of rotatable bonds is 4. The van der Waals surface area contributed by atoms with Crippen LogP contribution in [-0.4, -0.2) is 41.7 Å². The van der Waals surface area contributed by atoms with Gasteiger partial charge in [0.25, 0.3) is 0 Å². The van der Waals surface area contributed by atoms with E-state index in [4.69, 9.17) is 9.47 Å². The van der Waals surface area contributed by atoms with Gasteiger partial charge in [-0.3, -0.25) is 4.68 Å². The summed E-state index contributed by atoms with van der Waals surface area (Å²) in [5.74, 6) is 0.570. The van der Waals surface area contributed by atoms with Gasteiger partial charge < -0.3 is 14.8 Å². The maximum atomic E-state index is 6.05. The molecule has 3 heterocycles. The molecular formula is C15H25N3O2. The fourth-order valence-electron chi connectivity index (χ4n) is 3.55. The van der Waals surface area contributed by atoms with E-state index in [0.717, 1.165) is 51.3 Å². The molecule has 1 aromatic heterocycles. The molecule has 2 aliphatic heterocycles. The highest BCUT2D eigenvalue weighted by Gasteiger charge is 2.43. The van der Waals surface area contributed by atoms with E-state index >= 15 is 0 Å². The van der Waals surface area contributed by atoms with Crippen molar-refractivity contribution in [2.75, 3.05) is 26.4 Å². The average molecular weight is 279 g/mol. The molecule has 0 aromatic carbocycles. The zero-order valence-corrected chi connectivity index (χ0v) is 12.5. The molecule has 0 bridgehead atoms. The number of aryl methyl sites for hydroxylation is 1. The lowest BCUT2D eigenvalue weighted by Gasteiger charge is -2.40. The first-order valence-corrected chi connectivity index (χ1v) is 7.67. The van der Waals surface area contributed by atoms with Crippen molar-refractivity contribution in [1.29, 1.82) is 0 Å². The van der Waals surface area contributed by atoms with Crippen molar-refractivity contribution in [3.05, 3.63) is 18.0 Å². The first-order valence-electron chi connectivity index (χ1n) is 7.67. The van der Waals surface area contributed by atoms with E-state index in [1.165, 1.54) is 0 Å². The summed E-state index contributed by atoms with van der Waals surface area (Å²) >= 11 is 0. The summed E-state index contributed by atoms with van der Waals surface area (Å²) in [6.07, 6.45) is 5.22. The molecule has 2 saturated heterocycles. The molecule has 3 unspecified atom stereocenters. The largest absolute Gasteiger partial charge is 0.378 e. The normalized spacial score (nSPS) is 31.8. The van der Waals surface area contributed by atoms with E-state index in [1.807, 2.05) is 17.9 Å². The molecule has 1 aromatic rings. The third kappa shape index (κ3) is 2.75. The molecule has 0 radical (unpaired) electrons. The SMILES string of the molecule is CCNC(c1ccn(C)n1)C1CCOC2(CCOC2)C1. The molecule has 3 rings (SSSR count). The Morgan fingerprint density at radius 3 is 3.10 bits per heavy atom. The Balaban J connectivity index is 1.76. The van der Waals surface area contributed by atoms with Crippen molar-refractivity contribution in [2.24, 2.45) is 13.0 Å². The van der Waals surface area contributed by atoms with Gasteiger partial charge in [-0.1, -0.05) is 6.92 Å². The fraction of sp³-hybridized carbons (Fsp3) is 0.800. The zero-order chi connectivity index (χ0) is 14.0. The van der Waals surface area contributed by atoms with Crippen LogP contribution in [0.15, 0.2) is 12.3 Å². The lowest BCUT2D eigenvalue weighted by Crippen LogP contribution is -2.44. The second-order valence-corrected chi connectivity index (χ2v) is 6.04. The van der Waals surface area contributed by atoms with Gasteiger partial charge in [0.15, 0.2) is 0 Å². The summed E-state index contributed by atoms with van der Waals surface area (Å²) in [6, 6.07) is 2.45. The minimum Gasteiger partial charge on any atom is -0.378 e. The molecule has 0 aliphatic carbocycles. The van der Waals surface area contributed by atoms with Crippen molar-refractivity contribution < 1.29 is 9.47 Å². The third-order valence-corrected chi connectivity index (χ3v) is 4.55. The summed E-state index contributed by atoms with van der Waals surface area (Å²) in [5.41, 5.74) is 1.11. The Hall–Kier alpha value is -0.910. The average Bonchev–Trinajstić information content (AvgIpc) is 3.06. The second kappa shape index (κ2) is 5.84. The Morgan fingerprint density at radius 2 is 2.45 bits per heavy atom. The molecule has 1 spiro atoms. The van der Waals surface area contributed by atoms with E-state index in [0.29, 0.717) is 12.0 Å². The Labute approximate surface area is 120 Å². The van der Waals surface area contributed by atoms with Crippen molar-refractivity contribution in [3.63, 3.8) is 0 Å². The van der Waals surface area contributed by atoms with Crippen molar-refractivity contribution in [3.8, 4) is 0 Å². The standard InChI is InChI=1S/C15H25N3O2/c1-3-16-14(13-4-7-18(2)17-13)12-5-8-20-15(10-12)6-9-19-11-15/h4,7,12,14,16H,3,5-6,8-11H2,1-2H3. The maximum absolute atomic E-state index is 6.05. The molecule has 0 amide bonds. The van der Waals surface area contributed by atoms with Crippen LogP contribution in [0.2, 0.25) is 0 Å². The summed E-state index contributed by atoms with van der Waals surface area (Å²) in [6.45, 7) is 5.54. The summed E-state index contributed by atoms with van der Waals surface area (Å²) in [7, 11) is 1.97. The van der Waals surface area contributed by atoms with Gasteiger partial charge in [-0.15, -0.1) is 0 Å². The van der Waals surface area contributed by atoms with Crippen LogP contribution in [0.1, 0.15) is 37.9 Å². The van der Waals surface area contributed by atoms with Crippen molar-refractivity contribution in [1.82, 2.24) is 15.1 Å². The maximum Gasteiger partial charge on any atom is 0.0940 e. The van der Waals surface area contributed by atoms with E-state index < -0.39 is 0 Å². The molecular weight excluding hydrogens is 254 g/mol. The minimum absolute atomic E-state index is 0.0363. The molecule has 112 valence electrons. The molecule has 2 fully saturated rings. The van der Waals surface area contributed by atoms with Crippen LogP contribution in [0, 0.1) is 5.92 Å². The van der Waals surface area contributed by atoms with Gasteiger partial charge in [0, 0.05) is 32.9 Å². The molecule has 1 N–H and O–H groups in total. The van der Waals surface area contributed by atoms with Gasteiger partial charge >= 0.3 is 0 Å². The van der Waals surface area contributed by atoms with Gasteiger partial charge in [-0.2, -0.15) is 5.10 Å². The van der Waals surface area contributed by atoms with Crippen LogP contribution in [0.4, 0.5) is 0 Å². The molecule has 5 nitrogen and oxygen atoms in total. The minimum atomic E-state index is -0.0363. The smallest absolute Gasteiger partial charge is 0.0940 e. The second-order valence-electron chi connectivity index (χ2n) is 6.04. The van der Waals surface area contributed by atoms with Crippen LogP contribution < -0.4 is 5.32 Å². The summed E-state index contributed by atoms with van der Waals surface area (Å²) in [4.78, 5) is 0. The van der Waals surface area contributed by atoms with Crippen LogP contribution in [0.25, 0.3) is 0 Å². The lowest BCUT2D eigenvalue weighted by atomic mass is 9.80. The summed E-state index contributed by atoms with van der Waals surface area (Å²) in [5, 5.41) is 8.22. The van der Waals surface area contributed by atoms with Crippen LogP contribution in [0.3, 0.4) is 0 Å². The predicted molar refractivity (Wildman–Crippen MR) is 76.5 cm³/mol. The van der Waals surface area contributed by atoms with Crippen molar-refractivity contribution in [2.45, 2.75) is 37.8 Å². The van der Waals surface area contributed by atoms with E-state index in [-0.39, 0.29) is 5.60 Å². The zero-order valence-electron chi connectivity index (χ0n) is 12.5. The quantitative estimate of drug-likeness (QED) is 0.910. The highest BCUT2D eigenvalue weighted by molar-refractivity contribution is 5.09. The molecule has 5 heteroatoms. The Bertz CT molecular complexity index is 440. The number of nitrogens with one attached hydrogen (secondary N) is 1. The van der Waals surface area contributed by atoms with Gasteiger partial charge in [0.05, 0.1) is 23.9 Å². The number of ether oxygens (including phenoxy) is 2. The van der Waals surface area contributed by atoms with E-state index in [2.05, 4.69) is 23.4 Å². The van der Waals surface area contributed by atoms with Crippen LogP contribution in [-0.2, 0) is 16.5 Å². The van der Waals surface area contributed by atoms with E-state index in [9.17, 15) is 0 Å². The topological polar surface area (TPSA) is 48.3 Å². The molecule has 0 saturated carbocycles.